The van der Waals surface area contributed by atoms with Crippen LogP contribution in [-0.4, -0.2) is 30.7 Å². The van der Waals surface area contributed by atoms with E-state index in [0.717, 1.165) is 28.7 Å². The minimum absolute atomic E-state index is 0.0316. The van der Waals surface area contributed by atoms with Crippen molar-refractivity contribution in [2.24, 2.45) is 0 Å². The van der Waals surface area contributed by atoms with Crippen LogP contribution in [-0.2, 0) is 13.1 Å². The summed E-state index contributed by atoms with van der Waals surface area (Å²) in [5, 5.41) is 9.24. The molecule has 1 saturated heterocycles. The monoisotopic (exact) mass is 462 g/mol. The summed E-state index contributed by atoms with van der Waals surface area (Å²) in [7, 11) is 0. The molecule has 3 aromatic heterocycles. The van der Waals surface area contributed by atoms with Crippen LogP contribution in [0.4, 0.5) is 0 Å². The van der Waals surface area contributed by atoms with Gasteiger partial charge in [-0.15, -0.1) is 11.3 Å². The van der Waals surface area contributed by atoms with Crippen molar-refractivity contribution in [3.63, 3.8) is 0 Å². The zero-order valence-electron chi connectivity index (χ0n) is 20.6. The Labute approximate surface area is 199 Å². The standard InChI is InChI=1S/C27H34N4OS/c1-7-30-21-11-9-18(15-20(21)24-23(25(30)32)17(2)28-29-24)22-12-10-19(33-22)16-31-26(3,4)13-8-14-27(31,5)6/h9-12,15H,7-8,13-14,16H2,1-6H3,(H,28,29). The molecule has 1 aliphatic heterocycles. The van der Waals surface area contributed by atoms with E-state index < -0.39 is 0 Å². The maximum atomic E-state index is 13.0. The lowest BCUT2D eigenvalue weighted by molar-refractivity contribution is -0.0332. The first kappa shape index (κ1) is 22.4. The minimum atomic E-state index is 0.0316. The predicted octanol–water partition coefficient (Wildman–Crippen LogP) is 6.48. The number of likely N-dealkylation sites (tertiary alicyclic amines) is 1. The van der Waals surface area contributed by atoms with Crippen LogP contribution in [0.3, 0.4) is 0 Å². The number of pyridine rings is 1. The van der Waals surface area contributed by atoms with E-state index >= 15 is 0 Å². The molecule has 0 bridgehead atoms. The molecule has 1 N–H and O–H groups in total. The van der Waals surface area contributed by atoms with Crippen LogP contribution in [0.5, 0.6) is 0 Å². The van der Waals surface area contributed by atoms with Crippen LogP contribution in [0.2, 0.25) is 0 Å². The fourth-order valence-corrected chi connectivity index (χ4v) is 6.80. The van der Waals surface area contributed by atoms with Gasteiger partial charge in [0.15, 0.2) is 0 Å². The first-order valence-corrected chi connectivity index (χ1v) is 12.8. The number of thiophene rings is 1. The molecule has 0 atom stereocenters. The van der Waals surface area contributed by atoms with Gasteiger partial charge in [-0.2, -0.15) is 5.10 Å². The van der Waals surface area contributed by atoms with Crippen molar-refractivity contribution >= 4 is 33.1 Å². The maximum absolute atomic E-state index is 13.0. The van der Waals surface area contributed by atoms with E-state index in [9.17, 15) is 4.79 Å². The number of H-pyrrole nitrogens is 1. The highest BCUT2D eigenvalue weighted by atomic mass is 32.1. The summed E-state index contributed by atoms with van der Waals surface area (Å²) in [6, 6.07) is 11.0. The molecule has 0 aliphatic carbocycles. The number of benzene rings is 1. The predicted molar refractivity (Wildman–Crippen MR) is 139 cm³/mol. The molecule has 5 rings (SSSR count). The highest BCUT2D eigenvalue weighted by molar-refractivity contribution is 7.15. The zero-order chi connectivity index (χ0) is 23.5. The van der Waals surface area contributed by atoms with Gasteiger partial charge in [0.1, 0.15) is 5.52 Å². The summed E-state index contributed by atoms with van der Waals surface area (Å²) in [6.07, 6.45) is 3.79. The lowest BCUT2D eigenvalue weighted by Crippen LogP contribution is -2.57. The fourth-order valence-electron chi connectivity index (χ4n) is 5.80. The molecule has 0 spiro atoms. The molecule has 1 aromatic carbocycles. The zero-order valence-corrected chi connectivity index (χ0v) is 21.4. The normalized spacial score (nSPS) is 18.4. The van der Waals surface area contributed by atoms with Crippen molar-refractivity contribution in [3.05, 3.63) is 51.3 Å². The molecule has 4 aromatic rings. The molecule has 174 valence electrons. The quantitative estimate of drug-likeness (QED) is 0.378. The van der Waals surface area contributed by atoms with Crippen LogP contribution in [0, 0.1) is 6.92 Å². The summed E-state index contributed by atoms with van der Waals surface area (Å²) in [4.78, 5) is 18.4. The third kappa shape index (κ3) is 3.64. The topological polar surface area (TPSA) is 53.9 Å². The third-order valence-electron chi connectivity index (χ3n) is 7.56. The van der Waals surface area contributed by atoms with Gasteiger partial charge in [-0.3, -0.25) is 14.8 Å². The largest absolute Gasteiger partial charge is 0.308 e. The van der Waals surface area contributed by atoms with Gasteiger partial charge < -0.3 is 4.57 Å². The van der Waals surface area contributed by atoms with Gasteiger partial charge in [0.05, 0.1) is 10.9 Å². The molecule has 0 saturated carbocycles. The summed E-state index contributed by atoms with van der Waals surface area (Å²) in [6.45, 7) is 15.1. The van der Waals surface area contributed by atoms with Crippen LogP contribution in [0.1, 0.15) is 64.5 Å². The number of aromatic amines is 1. The molecule has 4 heterocycles. The average molecular weight is 463 g/mol. The maximum Gasteiger partial charge on any atom is 0.262 e. The molecule has 1 fully saturated rings. The van der Waals surface area contributed by atoms with E-state index in [-0.39, 0.29) is 16.6 Å². The van der Waals surface area contributed by atoms with Gasteiger partial charge in [-0.1, -0.05) is 6.07 Å². The molecule has 33 heavy (non-hydrogen) atoms. The van der Waals surface area contributed by atoms with Crippen molar-refractivity contribution in [2.45, 2.75) is 85.0 Å². The van der Waals surface area contributed by atoms with E-state index in [0.29, 0.717) is 11.9 Å². The van der Waals surface area contributed by atoms with Gasteiger partial charge in [-0.05, 0) is 90.6 Å². The lowest BCUT2D eigenvalue weighted by atomic mass is 9.80. The van der Waals surface area contributed by atoms with Crippen molar-refractivity contribution in [1.29, 1.82) is 0 Å². The number of fused-ring (bicyclic) bond motifs is 3. The Morgan fingerprint density at radius 2 is 1.82 bits per heavy atom. The molecule has 0 radical (unpaired) electrons. The summed E-state index contributed by atoms with van der Waals surface area (Å²) in [5.74, 6) is 0. The van der Waals surface area contributed by atoms with Crippen LogP contribution >= 0.6 is 11.3 Å². The summed E-state index contributed by atoms with van der Waals surface area (Å²) in [5.41, 5.74) is 4.17. The van der Waals surface area contributed by atoms with E-state index in [1.54, 1.807) is 0 Å². The third-order valence-corrected chi connectivity index (χ3v) is 8.68. The Balaban J connectivity index is 1.55. The van der Waals surface area contributed by atoms with Crippen molar-refractivity contribution in [2.75, 3.05) is 0 Å². The number of nitrogens with one attached hydrogen (secondary N) is 1. The second kappa shape index (κ2) is 7.81. The minimum Gasteiger partial charge on any atom is -0.308 e. The number of aromatic nitrogens is 3. The number of rotatable bonds is 4. The van der Waals surface area contributed by atoms with Gasteiger partial charge in [0.2, 0.25) is 0 Å². The highest BCUT2D eigenvalue weighted by Gasteiger charge is 2.41. The van der Waals surface area contributed by atoms with Gasteiger partial charge >= 0.3 is 0 Å². The van der Waals surface area contributed by atoms with Crippen molar-refractivity contribution in [3.8, 4) is 10.4 Å². The Morgan fingerprint density at radius 3 is 2.52 bits per heavy atom. The molecular formula is C27H34N4OS. The Hall–Kier alpha value is -2.44. The lowest BCUT2D eigenvalue weighted by Gasteiger charge is -2.53. The molecule has 0 amide bonds. The van der Waals surface area contributed by atoms with E-state index in [1.165, 1.54) is 34.6 Å². The molecule has 0 unspecified atom stereocenters. The molecule has 6 heteroatoms. The molecule has 1 aliphatic rings. The average Bonchev–Trinajstić information content (AvgIpc) is 3.38. The number of hydrogen-bond donors (Lipinski definition) is 1. The van der Waals surface area contributed by atoms with E-state index in [4.69, 9.17) is 0 Å². The van der Waals surface area contributed by atoms with Crippen molar-refractivity contribution in [1.82, 2.24) is 19.7 Å². The number of nitrogens with zero attached hydrogens (tertiary/aromatic N) is 3. The Morgan fingerprint density at radius 1 is 1.09 bits per heavy atom. The number of aryl methyl sites for hydroxylation is 2. The SMILES string of the molecule is CCn1c(=O)c2c(C)[nH]nc2c2cc(-c3ccc(CN4C(C)(C)CCCC4(C)C)s3)ccc21. The summed E-state index contributed by atoms with van der Waals surface area (Å²) >= 11 is 1.87. The Kier molecular flexibility index (Phi) is 5.29. The highest BCUT2D eigenvalue weighted by Crippen LogP contribution is 2.41. The summed E-state index contributed by atoms with van der Waals surface area (Å²) < 4.78 is 1.85. The van der Waals surface area contributed by atoms with E-state index in [2.05, 4.69) is 73.1 Å². The number of piperidine rings is 1. The Bertz CT molecular complexity index is 1390. The smallest absolute Gasteiger partial charge is 0.262 e. The van der Waals surface area contributed by atoms with Gasteiger partial charge in [0, 0.05) is 45.0 Å². The van der Waals surface area contributed by atoms with Gasteiger partial charge in [0.25, 0.3) is 5.56 Å². The first-order valence-electron chi connectivity index (χ1n) is 12.0. The fraction of sp³-hybridized carbons (Fsp3) is 0.481. The van der Waals surface area contributed by atoms with Gasteiger partial charge in [-0.25, -0.2) is 0 Å². The van der Waals surface area contributed by atoms with Crippen LogP contribution in [0.15, 0.2) is 35.1 Å². The second-order valence-corrected chi connectivity index (χ2v) is 11.9. The van der Waals surface area contributed by atoms with Crippen LogP contribution < -0.4 is 5.56 Å². The van der Waals surface area contributed by atoms with E-state index in [1.807, 2.05) is 29.8 Å². The first-order chi connectivity index (χ1) is 15.6. The van der Waals surface area contributed by atoms with Crippen molar-refractivity contribution < 1.29 is 0 Å². The van der Waals surface area contributed by atoms with Crippen LogP contribution in [0.25, 0.3) is 32.2 Å². The second-order valence-electron chi connectivity index (χ2n) is 10.7. The molecule has 5 nitrogen and oxygen atoms in total. The number of hydrogen-bond acceptors (Lipinski definition) is 4. The molecular weight excluding hydrogens is 428 g/mol.